The van der Waals surface area contributed by atoms with Gasteiger partial charge in [-0.15, -0.1) is 10.2 Å². The van der Waals surface area contributed by atoms with Crippen molar-refractivity contribution in [2.24, 2.45) is 10.2 Å². The van der Waals surface area contributed by atoms with Gasteiger partial charge in [0.15, 0.2) is 5.75 Å². The molecule has 0 unspecified atom stereocenters. The first-order valence-electron chi connectivity index (χ1n) is 10.4. The lowest BCUT2D eigenvalue weighted by Gasteiger charge is -2.11. The van der Waals surface area contributed by atoms with E-state index >= 15 is 0 Å². The summed E-state index contributed by atoms with van der Waals surface area (Å²) >= 11 is 6.15. The molecule has 0 radical (unpaired) electrons. The third kappa shape index (κ3) is 4.89. The number of halogens is 1. The SMILES string of the molecule is COc1cc(N=Nc2c(O)c(C(=O)Oc3ccc([N+](=O)[O-])cc3)cc3ccccc23)c(OC)cc1Cl. The number of hydrogen-bond donors (Lipinski definition) is 1. The molecule has 0 saturated heterocycles. The van der Waals surface area contributed by atoms with Crippen molar-refractivity contribution in [3.05, 3.63) is 87.4 Å². The smallest absolute Gasteiger partial charge is 0.347 e. The maximum absolute atomic E-state index is 12.9. The second kappa shape index (κ2) is 10.3. The molecule has 10 nitrogen and oxygen atoms in total. The van der Waals surface area contributed by atoms with Gasteiger partial charge in [-0.05, 0) is 23.6 Å². The molecule has 0 fully saturated rings. The van der Waals surface area contributed by atoms with Crippen LogP contribution in [0.15, 0.2) is 77.0 Å². The highest BCUT2D eigenvalue weighted by Gasteiger charge is 2.21. The lowest BCUT2D eigenvalue weighted by Crippen LogP contribution is -2.09. The minimum atomic E-state index is -0.880. The molecule has 0 atom stereocenters. The number of carbonyl (C=O) groups excluding carboxylic acids is 1. The Labute approximate surface area is 209 Å². The molecule has 0 bridgehead atoms. The van der Waals surface area contributed by atoms with Crippen LogP contribution >= 0.6 is 11.6 Å². The molecule has 4 aromatic carbocycles. The fourth-order valence-electron chi connectivity index (χ4n) is 3.40. The molecule has 0 aliphatic heterocycles. The molecule has 4 aromatic rings. The van der Waals surface area contributed by atoms with E-state index in [1.165, 1.54) is 56.7 Å². The predicted octanol–water partition coefficient (Wildman–Crippen LogP) is 6.76. The maximum Gasteiger partial charge on any atom is 0.347 e. The van der Waals surface area contributed by atoms with Crippen molar-refractivity contribution in [1.29, 1.82) is 0 Å². The summed E-state index contributed by atoms with van der Waals surface area (Å²) in [6, 6.07) is 16.5. The highest BCUT2D eigenvalue weighted by atomic mass is 35.5. The van der Waals surface area contributed by atoms with Crippen LogP contribution in [0.25, 0.3) is 10.8 Å². The van der Waals surface area contributed by atoms with Crippen LogP contribution < -0.4 is 14.2 Å². The number of phenolic OH excluding ortho intramolecular Hbond substituents is 1. The van der Waals surface area contributed by atoms with E-state index < -0.39 is 16.6 Å². The van der Waals surface area contributed by atoms with Crippen LogP contribution in [0.5, 0.6) is 23.0 Å². The molecular weight excluding hydrogens is 490 g/mol. The molecule has 0 aliphatic rings. The van der Waals surface area contributed by atoms with Crippen molar-refractivity contribution < 1.29 is 29.0 Å². The Morgan fingerprint density at radius 2 is 1.67 bits per heavy atom. The highest BCUT2D eigenvalue weighted by Crippen LogP contribution is 2.42. The van der Waals surface area contributed by atoms with Crippen molar-refractivity contribution in [3.63, 3.8) is 0 Å². The number of nitro benzene ring substituents is 1. The van der Waals surface area contributed by atoms with Gasteiger partial charge in [0.25, 0.3) is 5.69 Å². The van der Waals surface area contributed by atoms with Gasteiger partial charge in [0.1, 0.15) is 34.2 Å². The molecule has 0 saturated carbocycles. The van der Waals surface area contributed by atoms with Gasteiger partial charge in [-0.3, -0.25) is 10.1 Å². The van der Waals surface area contributed by atoms with E-state index in [2.05, 4.69) is 10.2 Å². The molecule has 0 amide bonds. The van der Waals surface area contributed by atoms with Gasteiger partial charge in [0, 0.05) is 29.7 Å². The highest BCUT2D eigenvalue weighted by molar-refractivity contribution is 6.32. The molecule has 0 aliphatic carbocycles. The van der Waals surface area contributed by atoms with Gasteiger partial charge in [-0.2, -0.15) is 0 Å². The number of ether oxygens (including phenoxy) is 3. The molecule has 36 heavy (non-hydrogen) atoms. The van der Waals surface area contributed by atoms with E-state index in [4.69, 9.17) is 25.8 Å². The Hall–Kier alpha value is -4.70. The fraction of sp³-hybridized carbons (Fsp3) is 0.0800. The van der Waals surface area contributed by atoms with Crippen molar-refractivity contribution in [2.45, 2.75) is 0 Å². The maximum atomic E-state index is 12.9. The topological polar surface area (TPSA) is 133 Å². The Morgan fingerprint density at radius 1 is 0.972 bits per heavy atom. The molecule has 182 valence electrons. The first-order valence-corrected chi connectivity index (χ1v) is 10.7. The van der Waals surface area contributed by atoms with Gasteiger partial charge >= 0.3 is 5.97 Å². The predicted molar refractivity (Wildman–Crippen MR) is 132 cm³/mol. The number of rotatable bonds is 7. The Morgan fingerprint density at radius 3 is 2.33 bits per heavy atom. The number of nitrogens with zero attached hydrogens (tertiary/aromatic N) is 3. The van der Waals surface area contributed by atoms with E-state index in [0.29, 0.717) is 27.3 Å². The van der Waals surface area contributed by atoms with Crippen LogP contribution in [0.2, 0.25) is 5.02 Å². The van der Waals surface area contributed by atoms with E-state index in [1.54, 1.807) is 24.3 Å². The standard InChI is InChI=1S/C25H18ClN3O7/c1-34-21-13-20(22(35-2)12-19(21)26)27-28-23-17-6-4-3-5-14(17)11-18(24(23)30)25(31)36-16-9-7-15(8-10-16)29(32)33/h3-13,30H,1-2H3. The third-order valence-electron chi connectivity index (χ3n) is 5.18. The number of fused-ring (bicyclic) bond motifs is 1. The van der Waals surface area contributed by atoms with Crippen molar-refractivity contribution in [2.75, 3.05) is 14.2 Å². The van der Waals surface area contributed by atoms with Crippen LogP contribution in [0, 0.1) is 10.1 Å². The number of aromatic hydroxyl groups is 1. The van der Waals surface area contributed by atoms with Gasteiger partial charge < -0.3 is 19.3 Å². The summed E-state index contributed by atoms with van der Waals surface area (Å²) in [5, 5.41) is 31.7. The Kier molecular flexibility index (Phi) is 6.98. The largest absolute Gasteiger partial charge is 0.505 e. The zero-order valence-electron chi connectivity index (χ0n) is 19.0. The first kappa shape index (κ1) is 24.4. The summed E-state index contributed by atoms with van der Waals surface area (Å²) in [4.78, 5) is 23.2. The normalized spacial score (nSPS) is 11.0. The monoisotopic (exact) mass is 507 g/mol. The summed E-state index contributed by atoms with van der Waals surface area (Å²) in [6.07, 6.45) is 0. The molecule has 4 rings (SSSR count). The lowest BCUT2D eigenvalue weighted by molar-refractivity contribution is -0.384. The molecule has 11 heteroatoms. The number of nitro groups is 1. The van der Waals surface area contributed by atoms with E-state index in [1.807, 2.05) is 0 Å². The van der Waals surface area contributed by atoms with Crippen molar-refractivity contribution >= 4 is 45.4 Å². The summed E-state index contributed by atoms with van der Waals surface area (Å²) in [6.45, 7) is 0. The van der Waals surface area contributed by atoms with Crippen molar-refractivity contribution in [3.8, 4) is 23.0 Å². The number of hydrogen-bond acceptors (Lipinski definition) is 9. The van der Waals surface area contributed by atoms with Gasteiger partial charge in [0.2, 0.25) is 0 Å². The Bertz CT molecular complexity index is 1500. The van der Waals surface area contributed by atoms with Crippen molar-refractivity contribution in [1.82, 2.24) is 0 Å². The summed E-state index contributed by atoms with van der Waals surface area (Å²) in [5.41, 5.74) is -0.0113. The molecule has 1 N–H and O–H groups in total. The van der Waals surface area contributed by atoms with E-state index in [0.717, 1.165) is 0 Å². The van der Waals surface area contributed by atoms with Crippen LogP contribution in [-0.2, 0) is 0 Å². The quantitative estimate of drug-likeness (QED) is 0.0960. The zero-order valence-corrected chi connectivity index (χ0v) is 19.7. The number of esters is 1. The van der Waals surface area contributed by atoms with Gasteiger partial charge in [0.05, 0.1) is 24.2 Å². The Balaban J connectivity index is 1.76. The van der Waals surface area contributed by atoms with Crippen LogP contribution in [-0.4, -0.2) is 30.2 Å². The average molecular weight is 508 g/mol. The van der Waals surface area contributed by atoms with Crippen LogP contribution in [0.1, 0.15) is 10.4 Å². The zero-order chi connectivity index (χ0) is 25.8. The molecule has 0 aromatic heterocycles. The number of non-ortho nitro benzene ring substituents is 1. The number of benzene rings is 4. The lowest BCUT2D eigenvalue weighted by atomic mass is 10.0. The second-order valence-electron chi connectivity index (χ2n) is 7.34. The van der Waals surface area contributed by atoms with Gasteiger partial charge in [-0.1, -0.05) is 35.9 Å². The number of azo groups is 1. The number of phenols is 1. The van der Waals surface area contributed by atoms with Crippen LogP contribution in [0.3, 0.4) is 0 Å². The number of carbonyl (C=O) groups is 1. The molecule has 0 spiro atoms. The van der Waals surface area contributed by atoms with Gasteiger partial charge in [-0.25, -0.2) is 4.79 Å². The summed E-state index contributed by atoms with van der Waals surface area (Å²) < 4.78 is 15.9. The number of methoxy groups -OCH3 is 2. The van der Waals surface area contributed by atoms with E-state index in [9.17, 15) is 20.0 Å². The van der Waals surface area contributed by atoms with Crippen LogP contribution in [0.4, 0.5) is 17.1 Å². The summed E-state index contributed by atoms with van der Waals surface area (Å²) in [5.74, 6) is -0.596. The second-order valence-corrected chi connectivity index (χ2v) is 7.75. The molecular formula is C25H18ClN3O7. The first-order chi connectivity index (χ1) is 17.3. The average Bonchev–Trinajstić information content (AvgIpc) is 2.88. The molecule has 0 heterocycles. The third-order valence-corrected chi connectivity index (χ3v) is 5.48. The fourth-order valence-corrected chi connectivity index (χ4v) is 3.63. The summed E-state index contributed by atoms with van der Waals surface area (Å²) in [7, 11) is 2.90. The minimum absolute atomic E-state index is 0.0275. The van der Waals surface area contributed by atoms with E-state index in [-0.39, 0.29) is 28.4 Å². The minimum Gasteiger partial charge on any atom is -0.505 e.